The molecule has 0 aliphatic carbocycles. The summed E-state index contributed by atoms with van der Waals surface area (Å²) in [6.07, 6.45) is -0.592. The van der Waals surface area contributed by atoms with Gasteiger partial charge in [-0.15, -0.1) is 0 Å². The maximum atomic E-state index is 11.9. The highest BCUT2D eigenvalue weighted by Gasteiger charge is 2.21. The fraction of sp³-hybridized carbons (Fsp3) is 0.500. The minimum Gasteiger partial charge on any atom is -0.481 e. The maximum Gasteiger partial charge on any atom is 0.261 e. The Labute approximate surface area is 119 Å². The van der Waals surface area contributed by atoms with Gasteiger partial charge < -0.3 is 15.8 Å². The van der Waals surface area contributed by atoms with E-state index in [0.717, 1.165) is 5.56 Å². The van der Waals surface area contributed by atoms with E-state index in [1.807, 2.05) is 20.8 Å². The molecule has 0 aromatic heterocycles. The van der Waals surface area contributed by atoms with E-state index in [9.17, 15) is 4.79 Å². The van der Waals surface area contributed by atoms with Gasteiger partial charge in [0.1, 0.15) is 5.75 Å². The second-order valence-corrected chi connectivity index (χ2v) is 5.89. The van der Waals surface area contributed by atoms with Crippen LogP contribution in [-0.4, -0.2) is 17.6 Å². The lowest BCUT2D eigenvalue weighted by molar-refractivity contribution is -0.128. The number of halogens is 1. The van der Waals surface area contributed by atoms with E-state index in [1.165, 1.54) is 0 Å². The lowest BCUT2D eigenvalue weighted by Gasteiger charge is -2.24. The molecule has 106 valence electrons. The summed E-state index contributed by atoms with van der Waals surface area (Å²) in [5, 5.41) is 3.46. The van der Waals surface area contributed by atoms with Crippen LogP contribution in [0.3, 0.4) is 0 Å². The lowest BCUT2D eigenvalue weighted by atomic mass is 10.1. The van der Waals surface area contributed by atoms with Crippen molar-refractivity contribution >= 4 is 17.5 Å². The molecular weight excluding hydrogens is 264 g/mol. The normalized spacial score (nSPS) is 12.9. The van der Waals surface area contributed by atoms with Gasteiger partial charge in [-0.25, -0.2) is 0 Å². The van der Waals surface area contributed by atoms with E-state index in [4.69, 9.17) is 22.1 Å². The molecule has 0 spiro atoms. The van der Waals surface area contributed by atoms with Crippen LogP contribution in [0.4, 0.5) is 0 Å². The number of carbonyl (C=O) groups excluding carboxylic acids is 1. The Morgan fingerprint density at radius 2 is 2.11 bits per heavy atom. The van der Waals surface area contributed by atoms with Gasteiger partial charge in [0.05, 0.1) is 0 Å². The molecule has 0 bridgehead atoms. The Morgan fingerprint density at radius 1 is 1.47 bits per heavy atom. The number of hydrogen-bond donors (Lipinski definition) is 2. The van der Waals surface area contributed by atoms with Gasteiger partial charge in [-0.3, -0.25) is 4.79 Å². The predicted octanol–water partition coefficient (Wildman–Crippen LogP) is 2.48. The van der Waals surface area contributed by atoms with Crippen LogP contribution in [0.15, 0.2) is 18.2 Å². The molecule has 5 heteroatoms. The number of rotatable bonds is 4. The molecule has 0 saturated carbocycles. The van der Waals surface area contributed by atoms with Gasteiger partial charge >= 0.3 is 0 Å². The molecule has 1 amide bonds. The van der Waals surface area contributed by atoms with Crippen molar-refractivity contribution in [3.05, 3.63) is 28.8 Å². The van der Waals surface area contributed by atoms with E-state index in [0.29, 0.717) is 17.3 Å². The molecule has 1 aromatic rings. The molecule has 1 unspecified atom stereocenters. The van der Waals surface area contributed by atoms with Crippen LogP contribution in [0.2, 0.25) is 5.02 Å². The molecule has 3 N–H and O–H groups in total. The Morgan fingerprint density at radius 3 is 2.63 bits per heavy atom. The first kappa shape index (κ1) is 15.8. The number of nitrogens with one attached hydrogen (secondary N) is 1. The molecule has 0 saturated heterocycles. The van der Waals surface area contributed by atoms with Crippen LogP contribution in [0.25, 0.3) is 0 Å². The highest BCUT2D eigenvalue weighted by atomic mass is 35.5. The molecular formula is C14H21ClN2O2. The standard InChI is InChI=1S/C14H21ClN2O2/c1-9(13(18)17-14(2,3)4)19-12-6-5-11(15)7-10(12)8-16/h5-7,9H,8,16H2,1-4H3,(H,17,18). The molecule has 0 aliphatic heterocycles. The number of benzene rings is 1. The zero-order valence-electron chi connectivity index (χ0n) is 11.8. The molecule has 0 radical (unpaired) electrons. The minimum atomic E-state index is -0.592. The maximum absolute atomic E-state index is 11.9. The summed E-state index contributed by atoms with van der Waals surface area (Å²) in [5.41, 5.74) is 6.13. The molecule has 1 atom stereocenters. The van der Waals surface area contributed by atoms with Crippen LogP contribution in [-0.2, 0) is 11.3 Å². The van der Waals surface area contributed by atoms with Crippen LogP contribution in [0, 0.1) is 0 Å². The Kier molecular flexibility index (Phi) is 5.20. The van der Waals surface area contributed by atoms with Crippen LogP contribution >= 0.6 is 11.6 Å². The third-order valence-corrected chi connectivity index (χ3v) is 2.65. The average molecular weight is 285 g/mol. The van der Waals surface area contributed by atoms with Crippen molar-refractivity contribution in [2.24, 2.45) is 5.73 Å². The van der Waals surface area contributed by atoms with Gasteiger partial charge in [0, 0.05) is 22.7 Å². The van der Waals surface area contributed by atoms with Crippen molar-refractivity contribution in [1.82, 2.24) is 5.32 Å². The van der Waals surface area contributed by atoms with E-state index in [1.54, 1.807) is 25.1 Å². The second kappa shape index (κ2) is 6.26. The van der Waals surface area contributed by atoms with Crippen molar-refractivity contribution in [3.63, 3.8) is 0 Å². The largest absolute Gasteiger partial charge is 0.481 e. The Balaban J connectivity index is 2.76. The first-order chi connectivity index (χ1) is 8.73. The van der Waals surface area contributed by atoms with Gasteiger partial charge in [-0.1, -0.05) is 11.6 Å². The quantitative estimate of drug-likeness (QED) is 0.893. The first-order valence-corrected chi connectivity index (χ1v) is 6.58. The molecule has 1 rings (SSSR count). The smallest absolute Gasteiger partial charge is 0.261 e. The van der Waals surface area contributed by atoms with Gasteiger partial charge in [-0.05, 0) is 45.9 Å². The summed E-state index contributed by atoms with van der Waals surface area (Å²) in [5.74, 6) is 0.425. The SMILES string of the molecule is CC(Oc1ccc(Cl)cc1CN)C(=O)NC(C)(C)C. The van der Waals surface area contributed by atoms with Crippen molar-refractivity contribution in [1.29, 1.82) is 0 Å². The van der Waals surface area contributed by atoms with Crippen molar-refractivity contribution in [2.75, 3.05) is 0 Å². The lowest BCUT2D eigenvalue weighted by Crippen LogP contribution is -2.46. The van der Waals surface area contributed by atoms with Crippen molar-refractivity contribution in [2.45, 2.75) is 45.9 Å². The second-order valence-electron chi connectivity index (χ2n) is 5.46. The minimum absolute atomic E-state index is 0.162. The topological polar surface area (TPSA) is 64.3 Å². The van der Waals surface area contributed by atoms with E-state index in [2.05, 4.69) is 5.32 Å². The van der Waals surface area contributed by atoms with Crippen molar-refractivity contribution < 1.29 is 9.53 Å². The number of carbonyl (C=O) groups is 1. The summed E-state index contributed by atoms with van der Waals surface area (Å²) in [6.45, 7) is 7.78. The number of ether oxygens (including phenoxy) is 1. The summed E-state index contributed by atoms with van der Waals surface area (Å²) >= 11 is 5.89. The van der Waals surface area contributed by atoms with Gasteiger partial charge in [0.15, 0.2) is 6.10 Å². The average Bonchev–Trinajstić information content (AvgIpc) is 2.29. The Bertz CT molecular complexity index is 455. The molecule has 19 heavy (non-hydrogen) atoms. The number of hydrogen-bond acceptors (Lipinski definition) is 3. The van der Waals surface area contributed by atoms with E-state index in [-0.39, 0.29) is 11.4 Å². The van der Waals surface area contributed by atoms with Crippen LogP contribution < -0.4 is 15.8 Å². The van der Waals surface area contributed by atoms with Crippen LogP contribution in [0.1, 0.15) is 33.3 Å². The molecule has 4 nitrogen and oxygen atoms in total. The van der Waals surface area contributed by atoms with Crippen molar-refractivity contribution in [3.8, 4) is 5.75 Å². The fourth-order valence-electron chi connectivity index (χ4n) is 1.54. The van der Waals surface area contributed by atoms with Gasteiger partial charge in [-0.2, -0.15) is 0 Å². The zero-order valence-corrected chi connectivity index (χ0v) is 12.5. The first-order valence-electron chi connectivity index (χ1n) is 6.20. The number of amides is 1. The molecule has 1 aromatic carbocycles. The fourth-order valence-corrected chi connectivity index (χ4v) is 1.73. The summed E-state index contributed by atoms with van der Waals surface area (Å²) in [7, 11) is 0. The highest BCUT2D eigenvalue weighted by molar-refractivity contribution is 6.30. The monoisotopic (exact) mass is 284 g/mol. The highest BCUT2D eigenvalue weighted by Crippen LogP contribution is 2.23. The van der Waals surface area contributed by atoms with Gasteiger partial charge in [0.2, 0.25) is 0 Å². The zero-order chi connectivity index (χ0) is 14.6. The van der Waals surface area contributed by atoms with E-state index >= 15 is 0 Å². The predicted molar refractivity (Wildman–Crippen MR) is 77.3 cm³/mol. The summed E-state index contributed by atoms with van der Waals surface area (Å²) in [6, 6.07) is 5.18. The van der Waals surface area contributed by atoms with Gasteiger partial charge in [0.25, 0.3) is 5.91 Å². The summed E-state index contributed by atoms with van der Waals surface area (Å²) in [4.78, 5) is 11.9. The number of nitrogens with two attached hydrogens (primary N) is 1. The third kappa shape index (κ3) is 5.09. The van der Waals surface area contributed by atoms with Crippen LogP contribution in [0.5, 0.6) is 5.75 Å². The molecule has 0 fully saturated rings. The Hall–Kier alpha value is -1.26. The summed E-state index contributed by atoms with van der Waals surface area (Å²) < 4.78 is 5.65. The van der Waals surface area contributed by atoms with E-state index < -0.39 is 6.10 Å². The molecule has 0 aliphatic rings. The third-order valence-electron chi connectivity index (χ3n) is 2.41. The molecule has 0 heterocycles.